The van der Waals surface area contributed by atoms with E-state index in [0.717, 1.165) is 50.0 Å². The minimum absolute atomic E-state index is 0. The number of carbonyl (C=O) groups is 1. The normalized spacial score (nSPS) is 16.1. The van der Waals surface area contributed by atoms with Gasteiger partial charge in [-0.25, -0.2) is 9.97 Å². The Labute approximate surface area is 160 Å². The van der Waals surface area contributed by atoms with E-state index in [1.54, 1.807) is 6.92 Å². The molecular formula is C15H26Cl3N5O. The van der Waals surface area contributed by atoms with Crippen LogP contribution >= 0.6 is 36.4 Å². The third-order valence-corrected chi connectivity index (χ3v) is 4.51. The summed E-state index contributed by atoms with van der Waals surface area (Å²) in [7, 11) is 0. The third-order valence-electron chi connectivity index (χ3n) is 4.34. The van der Waals surface area contributed by atoms with E-state index in [1.807, 2.05) is 11.8 Å². The van der Waals surface area contributed by atoms with Gasteiger partial charge in [0.25, 0.3) is 0 Å². The van der Waals surface area contributed by atoms with Crippen LogP contribution in [0.25, 0.3) is 0 Å². The van der Waals surface area contributed by atoms with E-state index in [1.165, 1.54) is 0 Å². The summed E-state index contributed by atoms with van der Waals surface area (Å²) in [6, 6.07) is -0.412. The molecule has 1 aliphatic rings. The third kappa shape index (κ3) is 5.92. The van der Waals surface area contributed by atoms with Crippen molar-refractivity contribution in [3.05, 3.63) is 16.5 Å². The molecule has 2 heterocycles. The van der Waals surface area contributed by atoms with Crippen LogP contribution in [0.3, 0.4) is 0 Å². The number of piperidine rings is 1. The number of hydrogen-bond acceptors (Lipinski definition) is 5. The summed E-state index contributed by atoms with van der Waals surface area (Å²) in [5.74, 6) is 1.11. The highest BCUT2D eigenvalue weighted by molar-refractivity contribution is 6.28. The summed E-state index contributed by atoms with van der Waals surface area (Å²) in [5, 5.41) is 0.196. The molecule has 1 saturated heterocycles. The smallest absolute Gasteiger partial charge is 0.239 e. The predicted octanol–water partition coefficient (Wildman–Crippen LogP) is 2.38. The average molecular weight is 399 g/mol. The molecule has 1 fully saturated rings. The molecule has 0 radical (unpaired) electrons. The van der Waals surface area contributed by atoms with Gasteiger partial charge < -0.3 is 16.4 Å². The van der Waals surface area contributed by atoms with Crippen LogP contribution < -0.4 is 11.5 Å². The Balaban J connectivity index is 0.00000264. The summed E-state index contributed by atoms with van der Waals surface area (Å²) < 4.78 is 0. The van der Waals surface area contributed by atoms with Crippen molar-refractivity contribution in [2.75, 3.05) is 18.8 Å². The molecule has 1 amide bonds. The first-order valence-corrected chi connectivity index (χ1v) is 8.09. The van der Waals surface area contributed by atoms with Crippen molar-refractivity contribution < 1.29 is 4.79 Å². The molecule has 0 aromatic carbocycles. The van der Waals surface area contributed by atoms with E-state index in [-0.39, 0.29) is 36.0 Å². The molecule has 0 aliphatic carbocycles. The van der Waals surface area contributed by atoms with Crippen LogP contribution in [0.5, 0.6) is 0 Å². The number of hydrogen-bond donors (Lipinski definition) is 2. The van der Waals surface area contributed by atoms with Crippen LogP contribution in [0.15, 0.2) is 0 Å². The molecule has 138 valence electrons. The number of aryl methyl sites for hydroxylation is 1. The van der Waals surface area contributed by atoms with Gasteiger partial charge in [0.2, 0.25) is 11.2 Å². The van der Waals surface area contributed by atoms with Crippen LogP contribution in [0.1, 0.15) is 37.4 Å². The number of nitrogens with two attached hydrogens (primary N) is 2. The first kappa shape index (κ1) is 23.2. The zero-order valence-corrected chi connectivity index (χ0v) is 16.4. The molecule has 0 spiro atoms. The highest BCUT2D eigenvalue weighted by atomic mass is 35.5. The number of aromatic nitrogens is 2. The lowest BCUT2D eigenvalue weighted by Crippen LogP contribution is -2.45. The molecule has 1 atom stereocenters. The van der Waals surface area contributed by atoms with E-state index < -0.39 is 6.04 Å². The highest BCUT2D eigenvalue weighted by Crippen LogP contribution is 2.25. The van der Waals surface area contributed by atoms with Crippen LogP contribution in [0.2, 0.25) is 5.28 Å². The van der Waals surface area contributed by atoms with Crippen LogP contribution in [-0.2, 0) is 11.2 Å². The second-order valence-corrected chi connectivity index (χ2v) is 6.38. The summed E-state index contributed by atoms with van der Waals surface area (Å²) in [5.41, 5.74) is 13.4. The van der Waals surface area contributed by atoms with Crippen molar-refractivity contribution in [1.82, 2.24) is 14.9 Å². The first-order chi connectivity index (χ1) is 10.4. The predicted molar refractivity (Wildman–Crippen MR) is 102 cm³/mol. The van der Waals surface area contributed by atoms with Crippen molar-refractivity contribution in [2.45, 2.75) is 45.6 Å². The molecule has 0 saturated carbocycles. The van der Waals surface area contributed by atoms with Gasteiger partial charge in [-0.1, -0.05) is 0 Å². The summed E-state index contributed by atoms with van der Waals surface area (Å²) in [6.07, 6.45) is 3.88. The van der Waals surface area contributed by atoms with Gasteiger partial charge in [0.15, 0.2) is 0 Å². The van der Waals surface area contributed by atoms with E-state index in [4.69, 9.17) is 23.1 Å². The SMILES string of the molecule is Cc1nc(Cl)nc(N)c1CCC1CCN(C(=O)C(C)N)CC1.Cl.Cl. The fraction of sp³-hybridized carbons (Fsp3) is 0.667. The molecule has 4 N–H and O–H groups in total. The molecule has 6 nitrogen and oxygen atoms in total. The Morgan fingerprint density at radius 1 is 1.33 bits per heavy atom. The number of nitrogens with zero attached hydrogens (tertiary/aromatic N) is 3. The molecule has 1 aliphatic heterocycles. The quantitative estimate of drug-likeness (QED) is 0.759. The second kappa shape index (κ2) is 10.2. The Hall–Kier alpha value is -0.820. The van der Waals surface area contributed by atoms with Crippen LogP contribution in [0.4, 0.5) is 5.82 Å². The Bertz CT molecular complexity index is 525. The van der Waals surface area contributed by atoms with Crippen molar-refractivity contribution >= 4 is 48.1 Å². The van der Waals surface area contributed by atoms with Gasteiger partial charge in [-0.3, -0.25) is 4.79 Å². The van der Waals surface area contributed by atoms with Crippen molar-refractivity contribution in [2.24, 2.45) is 11.7 Å². The topological polar surface area (TPSA) is 98.1 Å². The number of anilines is 1. The van der Waals surface area contributed by atoms with Gasteiger partial charge in [-0.05, 0) is 57.0 Å². The average Bonchev–Trinajstić information content (AvgIpc) is 2.46. The second-order valence-electron chi connectivity index (χ2n) is 6.04. The monoisotopic (exact) mass is 397 g/mol. The molecule has 1 aromatic heterocycles. The molecule has 0 bridgehead atoms. The fourth-order valence-electron chi connectivity index (χ4n) is 2.97. The molecule has 9 heteroatoms. The molecule has 1 unspecified atom stereocenters. The van der Waals surface area contributed by atoms with Crippen molar-refractivity contribution in [3.8, 4) is 0 Å². The van der Waals surface area contributed by atoms with Gasteiger partial charge in [0.1, 0.15) is 5.82 Å². The van der Waals surface area contributed by atoms with Gasteiger partial charge in [0, 0.05) is 24.3 Å². The number of rotatable bonds is 4. The van der Waals surface area contributed by atoms with Crippen molar-refractivity contribution in [1.29, 1.82) is 0 Å². The zero-order valence-electron chi connectivity index (χ0n) is 14.0. The number of nitrogen functional groups attached to an aromatic ring is 1. The summed E-state index contributed by atoms with van der Waals surface area (Å²) in [6.45, 7) is 5.22. The lowest BCUT2D eigenvalue weighted by Gasteiger charge is -2.33. The van der Waals surface area contributed by atoms with Crippen LogP contribution in [0, 0.1) is 12.8 Å². The number of carbonyl (C=O) groups excluding carboxylic acids is 1. The fourth-order valence-corrected chi connectivity index (χ4v) is 3.19. The molecule has 1 aromatic rings. The minimum atomic E-state index is -0.412. The van der Waals surface area contributed by atoms with E-state index in [0.29, 0.717) is 11.7 Å². The van der Waals surface area contributed by atoms with E-state index >= 15 is 0 Å². The Morgan fingerprint density at radius 2 is 1.92 bits per heavy atom. The highest BCUT2D eigenvalue weighted by Gasteiger charge is 2.24. The maximum atomic E-state index is 11.9. The number of halogens is 3. The Morgan fingerprint density at radius 3 is 2.42 bits per heavy atom. The van der Waals surface area contributed by atoms with Gasteiger partial charge in [-0.15, -0.1) is 24.8 Å². The molecular weight excluding hydrogens is 373 g/mol. The number of amides is 1. The van der Waals surface area contributed by atoms with E-state index in [9.17, 15) is 4.79 Å². The van der Waals surface area contributed by atoms with Gasteiger partial charge in [0.05, 0.1) is 6.04 Å². The first-order valence-electron chi connectivity index (χ1n) is 7.71. The lowest BCUT2D eigenvalue weighted by molar-refractivity contribution is -0.133. The molecule has 24 heavy (non-hydrogen) atoms. The maximum Gasteiger partial charge on any atom is 0.239 e. The standard InChI is InChI=1S/C15H24ClN5O.2ClH/c1-9(17)14(22)21-7-5-11(6-8-21)3-4-12-10(2)19-15(16)20-13(12)18;;/h9,11H,3-8,17H2,1-2H3,(H2,18,19,20);2*1H. The van der Waals surface area contributed by atoms with Crippen LogP contribution in [-0.4, -0.2) is 39.9 Å². The Kier molecular flexibility index (Phi) is 9.88. The van der Waals surface area contributed by atoms with Gasteiger partial charge >= 0.3 is 0 Å². The summed E-state index contributed by atoms with van der Waals surface area (Å²) >= 11 is 5.79. The maximum absolute atomic E-state index is 11.9. The molecule has 2 rings (SSSR count). The van der Waals surface area contributed by atoms with Gasteiger partial charge in [-0.2, -0.15) is 0 Å². The zero-order chi connectivity index (χ0) is 16.3. The van der Waals surface area contributed by atoms with Crippen molar-refractivity contribution in [3.63, 3.8) is 0 Å². The minimum Gasteiger partial charge on any atom is -0.383 e. The lowest BCUT2D eigenvalue weighted by atomic mass is 9.90. The van der Waals surface area contributed by atoms with E-state index in [2.05, 4.69) is 9.97 Å². The largest absolute Gasteiger partial charge is 0.383 e. The summed E-state index contributed by atoms with van der Waals surface area (Å²) in [4.78, 5) is 21.9. The number of likely N-dealkylation sites (tertiary alicyclic amines) is 1.